The highest BCUT2D eigenvalue weighted by molar-refractivity contribution is 6.31. The molecule has 1 saturated carbocycles. The third-order valence-corrected chi connectivity index (χ3v) is 5.04. The molecule has 1 fully saturated rings. The summed E-state index contributed by atoms with van der Waals surface area (Å²) in [6, 6.07) is 0.168. The summed E-state index contributed by atoms with van der Waals surface area (Å²) < 4.78 is 1.97. The van der Waals surface area contributed by atoms with Crippen molar-refractivity contribution in [3.05, 3.63) is 16.4 Å². The molecule has 1 aliphatic carbocycles. The minimum absolute atomic E-state index is 0.168. The van der Waals surface area contributed by atoms with Crippen LogP contribution in [-0.2, 0) is 4.79 Å². The Morgan fingerprint density at radius 3 is 2.81 bits per heavy atom. The van der Waals surface area contributed by atoms with Crippen LogP contribution in [0.2, 0.25) is 5.02 Å². The molecule has 5 nitrogen and oxygen atoms in total. The molecule has 1 heterocycles. The van der Waals surface area contributed by atoms with Crippen LogP contribution >= 0.6 is 11.6 Å². The first kappa shape index (κ1) is 16.3. The van der Waals surface area contributed by atoms with E-state index >= 15 is 0 Å². The Labute approximate surface area is 131 Å². The molecule has 0 spiro atoms. The monoisotopic (exact) mass is 312 g/mol. The van der Waals surface area contributed by atoms with E-state index in [0.29, 0.717) is 11.4 Å². The summed E-state index contributed by atoms with van der Waals surface area (Å²) in [5.74, 6) is -0.256. The molecular weight excluding hydrogens is 288 g/mol. The van der Waals surface area contributed by atoms with Gasteiger partial charge in [0.05, 0.1) is 28.0 Å². The topological polar surface area (TPSA) is 72.9 Å². The lowest BCUT2D eigenvalue weighted by Crippen LogP contribution is -2.58. The zero-order valence-electron chi connectivity index (χ0n) is 13.1. The summed E-state index contributed by atoms with van der Waals surface area (Å²) in [7, 11) is 0. The van der Waals surface area contributed by atoms with Crippen molar-refractivity contribution in [1.82, 2.24) is 15.1 Å². The van der Waals surface area contributed by atoms with Gasteiger partial charge in [0.2, 0.25) is 5.91 Å². The van der Waals surface area contributed by atoms with Crippen LogP contribution < -0.4 is 11.1 Å². The molecule has 118 valence electrons. The highest BCUT2D eigenvalue weighted by atomic mass is 35.5. The number of aromatic nitrogens is 2. The minimum atomic E-state index is -0.613. The smallest absolute Gasteiger partial charge is 0.237 e. The molecule has 0 aliphatic heterocycles. The van der Waals surface area contributed by atoms with Gasteiger partial charge in [-0.1, -0.05) is 18.5 Å². The largest absolute Gasteiger partial charge is 0.368 e. The molecule has 1 amide bonds. The molecule has 2 atom stereocenters. The fraction of sp³-hybridized carbons (Fsp3) is 0.733. The summed E-state index contributed by atoms with van der Waals surface area (Å²) in [5, 5.41) is 8.63. The van der Waals surface area contributed by atoms with Crippen molar-refractivity contribution in [2.75, 3.05) is 6.54 Å². The molecule has 2 rings (SSSR count). The number of aryl methyl sites for hydroxylation is 1. The maximum Gasteiger partial charge on any atom is 0.237 e. The van der Waals surface area contributed by atoms with Crippen LogP contribution in [0.15, 0.2) is 0 Å². The highest BCUT2D eigenvalue weighted by Crippen LogP contribution is 2.37. The Hall–Kier alpha value is -1.07. The highest BCUT2D eigenvalue weighted by Gasteiger charge is 2.42. The fourth-order valence-corrected chi connectivity index (χ4v) is 3.41. The number of carbonyl (C=O) groups excluding carboxylic acids is 1. The van der Waals surface area contributed by atoms with Crippen LogP contribution in [0, 0.1) is 13.8 Å². The van der Waals surface area contributed by atoms with E-state index in [0.717, 1.165) is 43.6 Å². The number of hydrogen-bond donors (Lipinski definition) is 2. The van der Waals surface area contributed by atoms with E-state index in [2.05, 4.69) is 17.3 Å². The standard InChI is InChI=1S/C15H25ClN4O/c1-4-8-18-15(14(17)21)7-5-6-12(9-15)20-11(3)13(16)10(2)19-20/h12,18H,4-9H2,1-3H3,(H2,17,21). The van der Waals surface area contributed by atoms with E-state index in [9.17, 15) is 4.79 Å². The van der Waals surface area contributed by atoms with Crippen LogP contribution in [0.5, 0.6) is 0 Å². The van der Waals surface area contributed by atoms with Crippen LogP contribution in [-0.4, -0.2) is 27.8 Å². The third kappa shape index (κ3) is 3.09. The Kier molecular flexibility index (Phi) is 4.94. The number of nitrogens with zero attached hydrogens (tertiary/aromatic N) is 2. The molecule has 2 unspecified atom stereocenters. The van der Waals surface area contributed by atoms with Gasteiger partial charge in [-0.25, -0.2) is 0 Å². The average Bonchev–Trinajstić information content (AvgIpc) is 2.73. The summed E-state index contributed by atoms with van der Waals surface area (Å²) in [6.45, 7) is 6.77. The second kappa shape index (κ2) is 6.36. The van der Waals surface area contributed by atoms with Crippen molar-refractivity contribution in [3.8, 4) is 0 Å². The number of nitrogens with one attached hydrogen (secondary N) is 1. The fourth-order valence-electron chi connectivity index (χ4n) is 3.29. The van der Waals surface area contributed by atoms with Gasteiger partial charge in [-0.3, -0.25) is 9.48 Å². The molecule has 3 N–H and O–H groups in total. The summed E-state index contributed by atoms with van der Waals surface area (Å²) in [4.78, 5) is 12.0. The Morgan fingerprint density at radius 2 is 2.29 bits per heavy atom. The van der Waals surface area contributed by atoms with Crippen LogP contribution in [0.4, 0.5) is 0 Å². The van der Waals surface area contributed by atoms with Crippen molar-refractivity contribution < 1.29 is 4.79 Å². The predicted octanol–water partition coefficient (Wildman–Crippen LogP) is 2.49. The predicted molar refractivity (Wildman–Crippen MR) is 84.4 cm³/mol. The van der Waals surface area contributed by atoms with Crippen molar-refractivity contribution in [1.29, 1.82) is 0 Å². The van der Waals surface area contributed by atoms with Crippen molar-refractivity contribution >= 4 is 17.5 Å². The molecule has 0 saturated heterocycles. The first-order chi connectivity index (χ1) is 9.91. The molecule has 0 bridgehead atoms. The molecule has 1 aliphatic rings. The Balaban J connectivity index is 2.26. The first-order valence-electron chi connectivity index (χ1n) is 7.67. The van der Waals surface area contributed by atoms with Crippen molar-refractivity contribution in [3.63, 3.8) is 0 Å². The lowest BCUT2D eigenvalue weighted by atomic mass is 9.78. The average molecular weight is 313 g/mol. The van der Waals surface area contributed by atoms with Crippen molar-refractivity contribution in [2.24, 2.45) is 5.73 Å². The zero-order chi connectivity index (χ0) is 15.6. The van der Waals surface area contributed by atoms with Gasteiger partial charge >= 0.3 is 0 Å². The number of amides is 1. The number of primary amides is 1. The van der Waals surface area contributed by atoms with Gasteiger partial charge in [-0.05, 0) is 52.5 Å². The quantitative estimate of drug-likeness (QED) is 0.877. The van der Waals surface area contributed by atoms with Gasteiger partial charge in [0.15, 0.2) is 0 Å². The molecule has 0 aromatic carbocycles. The van der Waals surface area contributed by atoms with E-state index in [1.54, 1.807) is 0 Å². The van der Waals surface area contributed by atoms with E-state index in [4.69, 9.17) is 17.3 Å². The van der Waals surface area contributed by atoms with Gasteiger partial charge in [0, 0.05) is 0 Å². The second-order valence-corrected chi connectivity index (χ2v) is 6.43. The molecule has 1 aromatic heterocycles. The first-order valence-corrected chi connectivity index (χ1v) is 8.05. The molecule has 6 heteroatoms. The summed E-state index contributed by atoms with van der Waals surface area (Å²) >= 11 is 6.24. The minimum Gasteiger partial charge on any atom is -0.368 e. The molecule has 21 heavy (non-hydrogen) atoms. The maximum atomic E-state index is 12.0. The molecular formula is C15H25ClN4O. The number of halogens is 1. The van der Waals surface area contributed by atoms with Gasteiger partial charge in [-0.2, -0.15) is 5.10 Å². The lowest BCUT2D eigenvalue weighted by Gasteiger charge is -2.39. The summed E-state index contributed by atoms with van der Waals surface area (Å²) in [5.41, 5.74) is 6.89. The number of carbonyl (C=O) groups is 1. The Bertz CT molecular complexity index is 528. The third-order valence-electron chi connectivity index (χ3n) is 4.49. The van der Waals surface area contributed by atoms with Crippen LogP contribution in [0.1, 0.15) is 56.5 Å². The maximum absolute atomic E-state index is 12.0. The molecule has 0 radical (unpaired) electrons. The van der Waals surface area contributed by atoms with E-state index in [1.165, 1.54) is 0 Å². The second-order valence-electron chi connectivity index (χ2n) is 6.05. The van der Waals surface area contributed by atoms with Crippen LogP contribution in [0.25, 0.3) is 0 Å². The normalized spacial score (nSPS) is 26.0. The number of hydrogen-bond acceptors (Lipinski definition) is 3. The van der Waals surface area contributed by atoms with Crippen LogP contribution in [0.3, 0.4) is 0 Å². The lowest BCUT2D eigenvalue weighted by molar-refractivity contribution is -0.126. The van der Waals surface area contributed by atoms with Crippen molar-refractivity contribution in [2.45, 2.75) is 64.5 Å². The zero-order valence-corrected chi connectivity index (χ0v) is 13.8. The van der Waals surface area contributed by atoms with E-state index < -0.39 is 5.54 Å². The van der Waals surface area contributed by atoms with Gasteiger partial charge in [-0.15, -0.1) is 0 Å². The van der Waals surface area contributed by atoms with Gasteiger partial charge in [0.25, 0.3) is 0 Å². The van der Waals surface area contributed by atoms with Gasteiger partial charge in [0.1, 0.15) is 0 Å². The SMILES string of the molecule is CCCNC1(C(N)=O)CCCC(n2nc(C)c(Cl)c2C)C1. The number of nitrogens with two attached hydrogens (primary N) is 1. The number of rotatable bonds is 5. The molecule has 1 aromatic rings. The Morgan fingerprint density at radius 1 is 1.57 bits per heavy atom. The van der Waals surface area contributed by atoms with Gasteiger partial charge < -0.3 is 11.1 Å². The summed E-state index contributed by atoms with van der Waals surface area (Å²) in [6.07, 6.45) is 4.42. The van der Waals surface area contributed by atoms with E-state index in [-0.39, 0.29) is 11.9 Å². The van der Waals surface area contributed by atoms with E-state index in [1.807, 2.05) is 18.5 Å².